The van der Waals surface area contributed by atoms with Crippen LogP contribution in [0.5, 0.6) is 5.75 Å². The number of urea groups is 1. The Morgan fingerprint density at radius 2 is 2.11 bits per heavy atom. The standard InChI is InChI=1S/C14H21FN2O2/c1-3-4-5-6-9-16-14(18)17-11-7-8-13(19-2)12(15)10-11/h7-8,10H,3-6,9H2,1-2H3,(H2,16,17,18). The van der Waals surface area contributed by atoms with Crippen LogP contribution < -0.4 is 15.4 Å². The minimum atomic E-state index is -0.497. The number of anilines is 1. The first-order chi connectivity index (χ1) is 9.17. The number of ether oxygens (including phenoxy) is 1. The summed E-state index contributed by atoms with van der Waals surface area (Å²) >= 11 is 0. The van der Waals surface area contributed by atoms with Crippen molar-refractivity contribution >= 4 is 11.7 Å². The summed E-state index contributed by atoms with van der Waals surface area (Å²) in [5.74, 6) is -0.339. The summed E-state index contributed by atoms with van der Waals surface area (Å²) in [5.41, 5.74) is 0.407. The summed E-state index contributed by atoms with van der Waals surface area (Å²) in [7, 11) is 1.40. The molecule has 0 aliphatic rings. The molecule has 106 valence electrons. The molecule has 4 nitrogen and oxygen atoms in total. The van der Waals surface area contributed by atoms with Gasteiger partial charge in [0.1, 0.15) is 0 Å². The number of nitrogens with one attached hydrogen (secondary N) is 2. The molecule has 1 aromatic carbocycles. The van der Waals surface area contributed by atoms with Crippen LogP contribution in [0.4, 0.5) is 14.9 Å². The Balaban J connectivity index is 2.34. The Hall–Kier alpha value is -1.78. The van der Waals surface area contributed by atoms with Crippen molar-refractivity contribution in [3.8, 4) is 5.75 Å². The maximum Gasteiger partial charge on any atom is 0.319 e. The average molecular weight is 268 g/mol. The Labute approximate surface area is 113 Å². The highest BCUT2D eigenvalue weighted by atomic mass is 19.1. The van der Waals surface area contributed by atoms with Crippen LogP contribution in [0.15, 0.2) is 18.2 Å². The fourth-order valence-corrected chi connectivity index (χ4v) is 1.67. The number of halogens is 1. The molecule has 1 aromatic rings. The topological polar surface area (TPSA) is 50.4 Å². The zero-order valence-corrected chi connectivity index (χ0v) is 11.5. The van der Waals surface area contributed by atoms with E-state index in [0.717, 1.165) is 19.3 Å². The van der Waals surface area contributed by atoms with E-state index in [1.165, 1.54) is 25.7 Å². The van der Waals surface area contributed by atoms with Crippen molar-refractivity contribution < 1.29 is 13.9 Å². The molecule has 0 saturated heterocycles. The minimum absolute atomic E-state index is 0.158. The molecular weight excluding hydrogens is 247 g/mol. The molecule has 0 heterocycles. The lowest BCUT2D eigenvalue weighted by Gasteiger charge is -2.08. The van der Waals surface area contributed by atoms with E-state index in [1.807, 2.05) is 0 Å². The van der Waals surface area contributed by atoms with Gasteiger partial charge in [-0.1, -0.05) is 26.2 Å². The van der Waals surface area contributed by atoms with Gasteiger partial charge in [-0.2, -0.15) is 0 Å². The third kappa shape index (κ3) is 5.59. The Kier molecular flexibility index (Phi) is 6.71. The molecule has 0 unspecified atom stereocenters. The smallest absolute Gasteiger partial charge is 0.319 e. The number of rotatable bonds is 7. The second-order valence-corrected chi connectivity index (χ2v) is 4.29. The second-order valence-electron chi connectivity index (χ2n) is 4.29. The molecule has 2 amide bonds. The van der Waals surface area contributed by atoms with Crippen LogP contribution in [0.1, 0.15) is 32.6 Å². The van der Waals surface area contributed by atoms with E-state index in [1.54, 1.807) is 6.07 Å². The van der Waals surface area contributed by atoms with Gasteiger partial charge in [0.2, 0.25) is 0 Å². The van der Waals surface area contributed by atoms with Crippen molar-refractivity contribution in [3.05, 3.63) is 24.0 Å². The highest BCUT2D eigenvalue weighted by Gasteiger charge is 2.05. The molecule has 0 bridgehead atoms. The molecule has 0 fully saturated rings. The first-order valence-corrected chi connectivity index (χ1v) is 6.55. The van der Waals surface area contributed by atoms with Gasteiger partial charge in [-0.05, 0) is 18.6 Å². The van der Waals surface area contributed by atoms with Gasteiger partial charge in [0.15, 0.2) is 11.6 Å². The molecule has 1 rings (SSSR count). The summed E-state index contributed by atoms with van der Waals surface area (Å²) in [6.45, 7) is 2.77. The Bertz CT molecular complexity index is 410. The van der Waals surface area contributed by atoms with E-state index in [4.69, 9.17) is 4.74 Å². The zero-order valence-electron chi connectivity index (χ0n) is 11.5. The summed E-state index contributed by atoms with van der Waals surface area (Å²) in [5, 5.41) is 5.31. The summed E-state index contributed by atoms with van der Waals surface area (Å²) in [4.78, 5) is 11.5. The van der Waals surface area contributed by atoms with Crippen molar-refractivity contribution in [2.24, 2.45) is 0 Å². The Morgan fingerprint density at radius 1 is 1.32 bits per heavy atom. The molecule has 0 aliphatic heterocycles. The van der Waals surface area contributed by atoms with Crippen molar-refractivity contribution in [2.45, 2.75) is 32.6 Å². The summed E-state index contributed by atoms with van der Waals surface area (Å²) < 4.78 is 18.2. The van der Waals surface area contributed by atoms with E-state index in [2.05, 4.69) is 17.6 Å². The lowest BCUT2D eigenvalue weighted by Crippen LogP contribution is -2.29. The van der Waals surface area contributed by atoms with E-state index in [-0.39, 0.29) is 11.8 Å². The van der Waals surface area contributed by atoms with Crippen LogP contribution >= 0.6 is 0 Å². The maximum atomic E-state index is 13.4. The number of hydrogen-bond acceptors (Lipinski definition) is 2. The number of carbonyl (C=O) groups excluding carboxylic acids is 1. The normalized spacial score (nSPS) is 10.1. The number of unbranched alkanes of at least 4 members (excludes halogenated alkanes) is 3. The summed E-state index contributed by atoms with van der Waals surface area (Å²) in [6.07, 6.45) is 4.40. The van der Waals surface area contributed by atoms with E-state index in [9.17, 15) is 9.18 Å². The molecule has 0 aromatic heterocycles. The number of methoxy groups -OCH3 is 1. The lowest BCUT2D eigenvalue weighted by molar-refractivity contribution is 0.252. The first kappa shape index (κ1) is 15.3. The molecule has 0 atom stereocenters. The molecular formula is C14H21FN2O2. The molecule has 5 heteroatoms. The van der Waals surface area contributed by atoms with Crippen molar-refractivity contribution in [1.29, 1.82) is 0 Å². The van der Waals surface area contributed by atoms with Crippen molar-refractivity contribution in [2.75, 3.05) is 19.0 Å². The first-order valence-electron chi connectivity index (χ1n) is 6.55. The highest BCUT2D eigenvalue weighted by Crippen LogP contribution is 2.20. The van der Waals surface area contributed by atoms with Crippen LogP contribution in [-0.4, -0.2) is 19.7 Å². The number of benzene rings is 1. The predicted octanol–water partition coefficient (Wildman–Crippen LogP) is 3.54. The van der Waals surface area contributed by atoms with Gasteiger partial charge < -0.3 is 15.4 Å². The van der Waals surface area contributed by atoms with E-state index >= 15 is 0 Å². The van der Waals surface area contributed by atoms with Crippen LogP contribution in [0, 0.1) is 5.82 Å². The third-order valence-corrected chi connectivity index (χ3v) is 2.73. The Morgan fingerprint density at radius 3 is 2.74 bits per heavy atom. The number of hydrogen-bond donors (Lipinski definition) is 2. The maximum absolute atomic E-state index is 13.4. The van der Waals surface area contributed by atoms with Crippen LogP contribution in [0.25, 0.3) is 0 Å². The van der Waals surface area contributed by atoms with Gasteiger partial charge in [0.05, 0.1) is 7.11 Å². The summed E-state index contributed by atoms with van der Waals surface area (Å²) in [6, 6.07) is 3.99. The molecule has 2 N–H and O–H groups in total. The molecule has 0 saturated carbocycles. The molecule has 0 radical (unpaired) electrons. The fraction of sp³-hybridized carbons (Fsp3) is 0.500. The third-order valence-electron chi connectivity index (χ3n) is 2.73. The predicted molar refractivity (Wildman–Crippen MR) is 74.1 cm³/mol. The zero-order chi connectivity index (χ0) is 14.1. The monoisotopic (exact) mass is 268 g/mol. The quantitative estimate of drug-likeness (QED) is 0.743. The van der Waals surface area contributed by atoms with Gasteiger partial charge in [-0.3, -0.25) is 0 Å². The van der Waals surface area contributed by atoms with Crippen LogP contribution in [0.2, 0.25) is 0 Å². The van der Waals surface area contributed by atoms with Gasteiger partial charge >= 0.3 is 6.03 Å². The van der Waals surface area contributed by atoms with Crippen LogP contribution in [0.3, 0.4) is 0 Å². The highest BCUT2D eigenvalue weighted by molar-refractivity contribution is 5.89. The van der Waals surface area contributed by atoms with Gasteiger partial charge in [0.25, 0.3) is 0 Å². The molecule has 19 heavy (non-hydrogen) atoms. The molecule has 0 aliphatic carbocycles. The molecule has 0 spiro atoms. The lowest BCUT2D eigenvalue weighted by atomic mass is 10.2. The van der Waals surface area contributed by atoms with E-state index < -0.39 is 5.82 Å². The fourth-order valence-electron chi connectivity index (χ4n) is 1.67. The average Bonchev–Trinajstić information content (AvgIpc) is 2.39. The van der Waals surface area contributed by atoms with Crippen LogP contribution in [-0.2, 0) is 0 Å². The number of amides is 2. The minimum Gasteiger partial charge on any atom is -0.494 e. The number of carbonyl (C=O) groups is 1. The largest absolute Gasteiger partial charge is 0.494 e. The van der Waals surface area contributed by atoms with Gasteiger partial charge in [-0.25, -0.2) is 9.18 Å². The van der Waals surface area contributed by atoms with Gasteiger partial charge in [-0.15, -0.1) is 0 Å². The van der Waals surface area contributed by atoms with Crippen molar-refractivity contribution in [1.82, 2.24) is 5.32 Å². The van der Waals surface area contributed by atoms with Crippen molar-refractivity contribution in [3.63, 3.8) is 0 Å². The second kappa shape index (κ2) is 8.34. The SMILES string of the molecule is CCCCCCNC(=O)Nc1ccc(OC)c(F)c1. The van der Waals surface area contributed by atoms with E-state index in [0.29, 0.717) is 12.2 Å². The van der Waals surface area contributed by atoms with Gasteiger partial charge in [0, 0.05) is 18.3 Å².